The smallest absolute Gasteiger partial charge is 0.309 e. The zero-order valence-corrected chi connectivity index (χ0v) is 14.8. The van der Waals surface area contributed by atoms with Crippen molar-refractivity contribution in [1.82, 2.24) is 4.90 Å². The fourth-order valence-electron chi connectivity index (χ4n) is 3.37. The Hall–Kier alpha value is -1.81. The Morgan fingerprint density at radius 2 is 2.12 bits per heavy atom. The van der Waals surface area contributed by atoms with Crippen LogP contribution in [-0.4, -0.2) is 42.2 Å². The van der Waals surface area contributed by atoms with Crippen molar-refractivity contribution in [1.29, 1.82) is 0 Å². The second kappa shape index (κ2) is 6.98. The molecule has 0 radical (unpaired) electrons. The maximum Gasteiger partial charge on any atom is 0.309 e. The van der Waals surface area contributed by atoms with E-state index in [4.69, 9.17) is 9.84 Å². The second-order valence-corrected chi connectivity index (χ2v) is 7.62. The molecule has 3 rings (SSSR count). The van der Waals surface area contributed by atoms with Crippen LogP contribution >= 0.6 is 0 Å². The quantitative estimate of drug-likeness (QED) is 0.870. The number of carboxylic acid groups (broad SMARTS) is 1. The molecule has 4 nitrogen and oxygen atoms in total. The lowest BCUT2D eigenvalue weighted by Crippen LogP contribution is -2.51. The Kier molecular flexibility index (Phi) is 4.95. The van der Waals surface area contributed by atoms with Crippen molar-refractivity contribution in [3.8, 4) is 5.75 Å². The summed E-state index contributed by atoms with van der Waals surface area (Å²) in [6.07, 6.45) is 3.31. The number of carbonyl (C=O) groups is 1. The predicted molar refractivity (Wildman–Crippen MR) is 95.2 cm³/mol. The van der Waals surface area contributed by atoms with Crippen LogP contribution in [0.15, 0.2) is 23.8 Å². The van der Waals surface area contributed by atoms with E-state index in [-0.39, 0.29) is 5.92 Å². The minimum absolute atomic E-state index is 0.183. The Bertz CT molecular complexity index is 644. The van der Waals surface area contributed by atoms with Gasteiger partial charge < -0.3 is 9.84 Å². The molecule has 4 heteroatoms. The molecule has 0 bridgehead atoms. The van der Waals surface area contributed by atoms with Gasteiger partial charge in [0.25, 0.3) is 0 Å². The fraction of sp³-hybridized carbons (Fsp3) is 0.550. The van der Waals surface area contributed by atoms with Crippen LogP contribution < -0.4 is 4.74 Å². The van der Waals surface area contributed by atoms with Gasteiger partial charge in [-0.3, -0.25) is 9.69 Å². The summed E-state index contributed by atoms with van der Waals surface area (Å²) in [7, 11) is 0. The molecule has 1 aliphatic carbocycles. The molecule has 24 heavy (non-hydrogen) atoms. The van der Waals surface area contributed by atoms with Crippen LogP contribution in [0.1, 0.15) is 31.9 Å². The van der Waals surface area contributed by atoms with Crippen molar-refractivity contribution in [3.05, 3.63) is 34.9 Å². The third-order valence-electron chi connectivity index (χ3n) is 4.91. The minimum Gasteiger partial charge on any atom is -0.493 e. The van der Waals surface area contributed by atoms with Gasteiger partial charge in [0.1, 0.15) is 5.75 Å². The standard InChI is InChI=1S/C20H27NO3/c1-13(2)12-24-19-5-4-15-7-17(14(3)6-16(15)8-19)9-21-10-18(11-21)20(22)23/h4-5,7-8,13-14,18H,6,9-12H2,1-3H3,(H,22,23)/t14-/m0/s1. The molecule has 1 aliphatic heterocycles. The highest BCUT2D eigenvalue weighted by atomic mass is 16.5. The number of benzene rings is 1. The molecule has 0 spiro atoms. The predicted octanol–water partition coefficient (Wildman–Crippen LogP) is 3.31. The first kappa shape index (κ1) is 17.0. The van der Waals surface area contributed by atoms with Crippen LogP contribution in [0.5, 0.6) is 5.75 Å². The summed E-state index contributed by atoms with van der Waals surface area (Å²) in [5.41, 5.74) is 4.03. The van der Waals surface area contributed by atoms with Gasteiger partial charge in [-0.15, -0.1) is 0 Å². The number of likely N-dealkylation sites (tertiary alicyclic amines) is 1. The molecule has 1 fully saturated rings. The monoisotopic (exact) mass is 329 g/mol. The molecule has 1 aromatic carbocycles. The van der Waals surface area contributed by atoms with Gasteiger partial charge in [0, 0.05) is 19.6 Å². The summed E-state index contributed by atoms with van der Waals surface area (Å²) in [6, 6.07) is 6.37. The van der Waals surface area contributed by atoms with Crippen molar-refractivity contribution < 1.29 is 14.6 Å². The van der Waals surface area contributed by atoms with Gasteiger partial charge in [0.15, 0.2) is 0 Å². The molecule has 130 valence electrons. The maximum atomic E-state index is 10.9. The van der Waals surface area contributed by atoms with Crippen molar-refractivity contribution in [2.45, 2.75) is 27.2 Å². The Morgan fingerprint density at radius 1 is 1.38 bits per heavy atom. The maximum absolute atomic E-state index is 10.9. The first-order valence-corrected chi connectivity index (χ1v) is 8.83. The van der Waals surface area contributed by atoms with Gasteiger partial charge in [0.2, 0.25) is 0 Å². The van der Waals surface area contributed by atoms with E-state index in [1.807, 2.05) is 0 Å². The number of carboxylic acids is 1. The molecule has 1 N–H and O–H groups in total. The van der Waals surface area contributed by atoms with E-state index in [0.29, 0.717) is 24.9 Å². The van der Waals surface area contributed by atoms with E-state index in [9.17, 15) is 4.79 Å². The topological polar surface area (TPSA) is 49.8 Å². The molecule has 0 aromatic heterocycles. The lowest BCUT2D eigenvalue weighted by molar-refractivity contribution is -0.147. The van der Waals surface area contributed by atoms with E-state index in [1.165, 1.54) is 16.7 Å². The van der Waals surface area contributed by atoms with Crippen molar-refractivity contribution >= 4 is 12.0 Å². The first-order chi connectivity index (χ1) is 11.4. The number of fused-ring (bicyclic) bond motifs is 1. The lowest BCUT2D eigenvalue weighted by atomic mass is 9.83. The molecular weight excluding hydrogens is 302 g/mol. The Labute approximate surface area is 144 Å². The lowest BCUT2D eigenvalue weighted by Gasteiger charge is -2.38. The molecule has 0 unspecified atom stereocenters. The highest BCUT2D eigenvalue weighted by molar-refractivity contribution is 5.71. The zero-order valence-electron chi connectivity index (χ0n) is 14.8. The zero-order chi connectivity index (χ0) is 17.3. The van der Waals surface area contributed by atoms with Gasteiger partial charge in [-0.05, 0) is 41.5 Å². The van der Waals surface area contributed by atoms with E-state index in [0.717, 1.165) is 25.3 Å². The largest absolute Gasteiger partial charge is 0.493 e. The average Bonchev–Trinajstić information content (AvgIpc) is 2.48. The highest BCUT2D eigenvalue weighted by Crippen LogP contribution is 2.32. The summed E-state index contributed by atoms with van der Waals surface area (Å²) in [4.78, 5) is 13.1. The van der Waals surface area contributed by atoms with E-state index < -0.39 is 5.97 Å². The van der Waals surface area contributed by atoms with Crippen molar-refractivity contribution in [3.63, 3.8) is 0 Å². The van der Waals surface area contributed by atoms with Gasteiger partial charge in [-0.1, -0.05) is 38.5 Å². The summed E-state index contributed by atoms with van der Waals surface area (Å²) < 4.78 is 5.84. The molecule has 1 aromatic rings. The molecular formula is C20H27NO3. The fourth-order valence-corrected chi connectivity index (χ4v) is 3.37. The molecule has 1 saturated heterocycles. The molecule has 1 heterocycles. The van der Waals surface area contributed by atoms with E-state index >= 15 is 0 Å². The SMILES string of the molecule is CC(C)COc1ccc2c(c1)C[C@H](C)C(CN1CC(C(=O)O)C1)=C2. The highest BCUT2D eigenvalue weighted by Gasteiger charge is 2.33. The third kappa shape index (κ3) is 3.81. The van der Waals surface area contributed by atoms with Gasteiger partial charge in [-0.25, -0.2) is 0 Å². The summed E-state index contributed by atoms with van der Waals surface area (Å²) >= 11 is 0. The van der Waals surface area contributed by atoms with E-state index in [2.05, 4.69) is 49.9 Å². The number of aliphatic carboxylic acids is 1. The van der Waals surface area contributed by atoms with Crippen molar-refractivity contribution in [2.24, 2.45) is 17.8 Å². The Balaban J connectivity index is 1.65. The number of hydrogen-bond donors (Lipinski definition) is 1. The van der Waals surface area contributed by atoms with Crippen LogP contribution in [0.4, 0.5) is 0 Å². The first-order valence-electron chi connectivity index (χ1n) is 8.83. The number of hydrogen-bond acceptors (Lipinski definition) is 3. The second-order valence-electron chi connectivity index (χ2n) is 7.62. The Morgan fingerprint density at radius 3 is 2.79 bits per heavy atom. The van der Waals surface area contributed by atoms with Gasteiger partial charge in [0.05, 0.1) is 12.5 Å². The molecule has 2 aliphatic rings. The van der Waals surface area contributed by atoms with Crippen LogP contribution in [0.25, 0.3) is 6.08 Å². The number of nitrogens with zero attached hydrogens (tertiary/aromatic N) is 1. The van der Waals surface area contributed by atoms with Gasteiger partial charge >= 0.3 is 5.97 Å². The van der Waals surface area contributed by atoms with Crippen LogP contribution in [0.2, 0.25) is 0 Å². The minimum atomic E-state index is -0.670. The third-order valence-corrected chi connectivity index (χ3v) is 4.91. The van der Waals surface area contributed by atoms with E-state index in [1.54, 1.807) is 0 Å². The molecule has 1 atom stereocenters. The number of rotatable bonds is 6. The van der Waals surface area contributed by atoms with Crippen molar-refractivity contribution in [2.75, 3.05) is 26.2 Å². The molecule has 0 amide bonds. The summed E-state index contributed by atoms with van der Waals surface area (Å²) in [5, 5.41) is 8.99. The summed E-state index contributed by atoms with van der Waals surface area (Å²) in [5.74, 6) is 1.12. The summed E-state index contributed by atoms with van der Waals surface area (Å²) in [6.45, 7) is 9.54. The number of ether oxygens (including phenoxy) is 1. The average molecular weight is 329 g/mol. The van der Waals surface area contributed by atoms with Crippen LogP contribution in [0, 0.1) is 17.8 Å². The van der Waals surface area contributed by atoms with Crippen LogP contribution in [-0.2, 0) is 11.2 Å². The van der Waals surface area contributed by atoms with Crippen LogP contribution in [0.3, 0.4) is 0 Å². The molecule has 0 saturated carbocycles. The normalized spacial score (nSPS) is 21.2. The van der Waals surface area contributed by atoms with Gasteiger partial charge in [-0.2, -0.15) is 0 Å².